The summed E-state index contributed by atoms with van der Waals surface area (Å²) in [7, 11) is 0. The van der Waals surface area contributed by atoms with E-state index in [1.807, 2.05) is 18.2 Å². The Hall–Kier alpha value is -1.35. The van der Waals surface area contributed by atoms with E-state index in [-0.39, 0.29) is 5.91 Å². The van der Waals surface area contributed by atoms with Gasteiger partial charge in [0.25, 0.3) is 0 Å². The van der Waals surface area contributed by atoms with E-state index in [2.05, 4.69) is 30.5 Å². The molecule has 1 aromatic rings. The minimum atomic E-state index is 0.0385. The van der Waals surface area contributed by atoms with Gasteiger partial charge in [0.1, 0.15) is 0 Å². The average molecular weight is 246 g/mol. The molecule has 0 radical (unpaired) electrons. The minimum Gasteiger partial charge on any atom is -0.325 e. The highest BCUT2D eigenvalue weighted by molar-refractivity contribution is 5.92. The fourth-order valence-electron chi connectivity index (χ4n) is 1.89. The highest BCUT2D eigenvalue weighted by Crippen LogP contribution is 2.27. The maximum atomic E-state index is 11.7. The first kappa shape index (κ1) is 13.1. The summed E-state index contributed by atoms with van der Waals surface area (Å²) in [6, 6.07) is 8.06. The number of anilines is 1. The van der Waals surface area contributed by atoms with Crippen LogP contribution in [0.2, 0.25) is 0 Å². The van der Waals surface area contributed by atoms with Crippen molar-refractivity contribution in [3.63, 3.8) is 0 Å². The van der Waals surface area contributed by atoms with Gasteiger partial charge in [-0.15, -0.1) is 0 Å². The molecule has 0 bridgehead atoms. The first-order valence-corrected chi connectivity index (χ1v) is 6.75. The first-order valence-electron chi connectivity index (χ1n) is 6.75. The van der Waals surface area contributed by atoms with Crippen LogP contribution >= 0.6 is 0 Å². The fraction of sp³-hybridized carbons (Fsp3) is 0.533. The standard InChI is InChI=1S/C15H22N2O/c1-11(2)13-4-3-5-14(8-13)17-15(18)10-16-9-12-6-7-12/h3-5,8,11-12,16H,6-7,9-10H2,1-2H3,(H,17,18). The zero-order chi connectivity index (χ0) is 13.0. The predicted molar refractivity (Wildman–Crippen MR) is 74.8 cm³/mol. The Morgan fingerprint density at radius 1 is 1.39 bits per heavy atom. The minimum absolute atomic E-state index is 0.0385. The van der Waals surface area contributed by atoms with E-state index >= 15 is 0 Å². The van der Waals surface area contributed by atoms with Crippen LogP contribution in [0.3, 0.4) is 0 Å². The van der Waals surface area contributed by atoms with Gasteiger partial charge in [0, 0.05) is 5.69 Å². The third-order valence-corrected chi connectivity index (χ3v) is 3.25. The second-order valence-electron chi connectivity index (χ2n) is 5.40. The van der Waals surface area contributed by atoms with Crippen LogP contribution in [0.4, 0.5) is 5.69 Å². The van der Waals surface area contributed by atoms with Gasteiger partial charge >= 0.3 is 0 Å². The Morgan fingerprint density at radius 3 is 2.83 bits per heavy atom. The maximum Gasteiger partial charge on any atom is 0.238 e. The van der Waals surface area contributed by atoms with Crippen LogP contribution in [0.25, 0.3) is 0 Å². The molecule has 1 aliphatic carbocycles. The van der Waals surface area contributed by atoms with Crippen LogP contribution in [-0.4, -0.2) is 19.0 Å². The molecule has 2 N–H and O–H groups in total. The van der Waals surface area contributed by atoms with Gasteiger partial charge < -0.3 is 10.6 Å². The summed E-state index contributed by atoms with van der Waals surface area (Å²) in [4.78, 5) is 11.7. The van der Waals surface area contributed by atoms with E-state index in [9.17, 15) is 4.79 Å². The van der Waals surface area contributed by atoms with Crippen LogP contribution in [-0.2, 0) is 4.79 Å². The van der Waals surface area contributed by atoms with E-state index < -0.39 is 0 Å². The van der Waals surface area contributed by atoms with Crippen molar-refractivity contribution in [3.8, 4) is 0 Å². The number of hydrogen-bond donors (Lipinski definition) is 2. The molecule has 0 unspecified atom stereocenters. The average Bonchev–Trinajstić information content (AvgIpc) is 3.13. The molecule has 98 valence electrons. The summed E-state index contributed by atoms with van der Waals surface area (Å²) in [5, 5.41) is 6.12. The Bertz CT molecular complexity index is 411. The third kappa shape index (κ3) is 4.15. The van der Waals surface area contributed by atoms with Crippen molar-refractivity contribution in [1.82, 2.24) is 5.32 Å². The maximum absolute atomic E-state index is 11.7. The van der Waals surface area contributed by atoms with Crippen molar-refractivity contribution in [1.29, 1.82) is 0 Å². The van der Waals surface area contributed by atoms with Gasteiger partial charge in [-0.05, 0) is 48.9 Å². The van der Waals surface area contributed by atoms with Crippen molar-refractivity contribution in [2.24, 2.45) is 5.92 Å². The molecule has 1 fully saturated rings. The number of nitrogens with one attached hydrogen (secondary N) is 2. The normalized spacial score (nSPS) is 14.8. The molecular weight excluding hydrogens is 224 g/mol. The highest BCUT2D eigenvalue weighted by Gasteiger charge is 2.20. The molecule has 0 heterocycles. The number of carbonyl (C=O) groups excluding carboxylic acids is 1. The van der Waals surface area contributed by atoms with Crippen molar-refractivity contribution < 1.29 is 4.79 Å². The van der Waals surface area contributed by atoms with Gasteiger partial charge in [-0.3, -0.25) is 4.79 Å². The summed E-state index contributed by atoms with van der Waals surface area (Å²) < 4.78 is 0. The molecule has 1 saturated carbocycles. The van der Waals surface area contributed by atoms with E-state index in [1.165, 1.54) is 18.4 Å². The SMILES string of the molecule is CC(C)c1cccc(NC(=O)CNCC2CC2)c1. The van der Waals surface area contributed by atoms with E-state index in [4.69, 9.17) is 0 Å². The number of carbonyl (C=O) groups is 1. The molecule has 0 spiro atoms. The monoisotopic (exact) mass is 246 g/mol. The van der Waals surface area contributed by atoms with Gasteiger partial charge in [-0.2, -0.15) is 0 Å². The van der Waals surface area contributed by atoms with Gasteiger partial charge in [0.05, 0.1) is 6.54 Å². The number of hydrogen-bond acceptors (Lipinski definition) is 2. The van der Waals surface area contributed by atoms with E-state index in [1.54, 1.807) is 0 Å². The smallest absolute Gasteiger partial charge is 0.238 e. The van der Waals surface area contributed by atoms with Crippen molar-refractivity contribution in [2.45, 2.75) is 32.6 Å². The highest BCUT2D eigenvalue weighted by atomic mass is 16.1. The van der Waals surface area contributed by atoms with Crippen LogP contribution < -0.4 is 10.6 Å². The summed E-state index contributed by atoms with van der Waals surface area (Å²) in [6.07, 6.45) is 2.62. The van der Waals surface area contributed by atoms with E-state index in [0.717, 1.165) is 18.2 Å². The summed E-state index contributed by atoms with van der Waals surface area (Å²) in [5.74, 6) is 1.33. The predicted octanol–water partition coefficient (Wildman–Crippen LogP) is 2.75. The van der Waals surface area contributed by atoms with Gasteiger partial charge in [0.15, 0.2) is 0 Å². The van der Waals surface area contributed by atoms with Crippen LogP contribution in [0.15, 0.2) is 24.3 Å². The quantitative estimate of drug-likeness (QED) is 0.810. The number of benzene rings is 1. The van der Waals surface area contributed by atoms with Crippen LogP contribution in [0.1, 0.15) is 38.2 Å². The first-order chi connectivity index (χ1) is 8.65. The number of amides is 1. The van der Waals surface area contributed by atoms with Gasteiger partial charge in [0.2, 0.25) is 5.91 Å². The summed E-state index contributed by atoms with van der Waals surface area (Å²) in [5.41, 5.74) is 2.14. The lowest BCUT2D eigenvalue weighted by Gasteiger charge is -2.10. The molecule has 0 aromatic heterocycles. The molecular formula is C15H22N2O. The molecule has 18 heavy (non-hydrogen) atoms. The second kappa shape index (κ2) is 6.01. The molecule has 3 nitrogen and oxygen atoms in total. The Kier molecular flexibility index (Phi) is 4.37. The zero-order valence-corrected chi connectivity index (χ0v) is 11.2. The molecule has 2 rings (SSSR count). The van der Waals surface area contributed by atoms with Crippen molar-refractivity contribution >= 4 is 11.6 Å². The lowest BCUT2D eigenvalue weighted by molar-refractivity contribution is -0.115. The molecule has 1 amide bonds. The van der Waals surface area contributed by atoms with Crippen molar-refractivity contribution in [3.05, 3.63) is 29.8 Å². The van der Waals surface area contributed by atoms with E-state index in [0.29, 0.717) is 12.5 Å². The summed E-state index contributed by atoms with van der Waals surface area (Å²) >= 11 is 0. The van der Waals surface area contributed by atoms with Gasteiger partial charge in [-0.1, -0.05) is 26.0 Å². The Morgan fingerprint density at radius 2 is 2.17 bits per heavy atom. The Balaban J connectivity index is 1.79. The lowest BCUT2D eigenvalue weighted by atomic mass is 10.0. The molecule has 1 aromatic carbocycles. The second-order valence-corrected chi connectivity index (χ2v) is 5.40. The van der Waals surface area contributed by atoms with Gasteiger partial charge in [-0.25, -0.2) is 0 Å². The van der Waals surface area contributed by atoms with Crippen LogP contribution in [0.5, 0.6) is 0 Å². The zero-order valence-electron chi connectivity index (χ0n) is 11.2. The molecule has 0 saturated heterocycles. The molecule has 0 atom stereocenters. The Labute approximate surface area is 109 Å². The topological polar surface area (TPSA) is 41.1 Å². The fourth-order valence-corrected chi connectivity index (χ4v) is 1.89. The summed E-state index contributed by atoms with van der Waals surface area (Å²) in [6.45, 7) is 5.68. The number of rotatable bonds is 6. The van der Waals surface area contributed by atoms with Crippen molar-refractivity contribution in [2.75, 3.05) is 18.4 Å². The third-order valence-electron chi connectivity index (χ3n) is 3.25. The largest absolute Gasteiger partial charge is 0.325 e. The molecule has 3 heteroatoms. The van der Waals surface area contributed by atoms with Crippen LogP contribution in [0, 0.1) is 5.92 Å². The lowest BCUT2D eigenvalue weighted by Crippen LogP contribution is -2.29. The molecule has 0 aliphatic heterocycles. The molecule has 1 aliphatic rings.